The second-order valence-corrected chi connectivity index (χ2v) is 5.28. The van der Waals surface area contributed by atoms with E-state index >= 15 is 0 Å². The lowest BCUT2D eigenvalue weighted by molar-refractivity contribution is 0.322. The van der Waals surface area contributed by atoms with Crippen LogP contribution in [-0.4, -0.2) is 6.61 Å². The molecule has 19 heavy (non-hydrogen) atoms. The van der Waals surface area contributed by atoms with Crippen LogP contribution < -0.4 is 4.74 Å². The van der Waals surface area contributed by atoms with E-state index < -0.39 is 0 Å². The number of rotatable bonds is 5. The van der Waals surface area contributed by atoms with Crippen molar-refractivity contribution in [2.75, 3.05) is 6.61 Å². The van der Waals surface area contributed by atoms with Crippen LogP contribution in [0.3, 0.4) is 0 Å². The molecule has 2 aromatic rings. The quantitative estimate of drug-likeness (QED) is 0.708. The summed E-state index contributed by atoms with van der Waals surface area (Å²) in [5.41, 5.74) is 2.85. The zero-order valence-corrected chi connectivity index (χ0v) is 11.2. The van der Waals surface area contributed by atoms with Crippen molar-refractivity contribution in [2.45, 2.75) is 31.6 Å². The van der Waals surface area contributed by atoms with Gasteiger partial charge in [-0.1, -0.05) is 55.0 Å². The molecule has 1 nitrogen and oxygen atoms in total. The molecule has 0 spiro atoms. The fourth-order valence-electron chi connectivity index (χ4n) is 2.83. The number of aryl methyl sites for hydroxylation is 1. The van der Waals surface area contributed by atoms with Gasteiger partial charge in [0.15, 0.2) is 0 Å². The number of ether oxygens (including phenoxy) is 1. The maximum Gasteiger partial charge on any atom is 0.122 e. The summed E-state index contributed by atoms with van der Waals surface area (Å²) < 4.78 is 5.73. The average Bonchev–Trinajstić information content (AvgIpc) is 2.88. The van der Waals surface area contributed by atoms with Crippen molar-refractivity contribution in [3.63, 3.8) is 0 Å². The summed E-state index contributed by atoms with van der Waals surface area (Å²) in [7, 11) is 0. The summed E-state index contributed by atoms with van der Waals surface area (Å²) in [4.78, 5) is 0. The summed E-state index contributed by atoms with van der Waals surface area (Å²) in [5.74, 6) is 1.70. The van der Waals surface area contributed by atoms with Crippen LogP contribution in [0, 0.1) is 0 Å². The van der Waals surface area contributed by atoms with Crippen LogP contribution in [0.5, 0.6) is 5.75 Å². The van der Waals surface area contributed by atoms with Gasteiger partial charge in [-0.3, -0.25) is 0 Å². The van der Waals surface area contributed by atoms with E-state index in [9.17, 15) is 0 Å². The van der Waals surface area contributed by atoms with Gasteiger partial charge in [0.1, 0.15) is 5.75 Å². The first-order valence-corrected chi connectivity index (χ1v) is 7.19. The summed E-state index contributed by atoms with van der Waals surface area (Å²) >= 11 is 0. The molecule has 1 atom stereocenters. The third-order valence-electron chi connectivity index (χ3n) is 3.91. The minimum atomic E-state index is 0.604. The van der Waals surface area contributed by atoms with E-state index in [1.807, 2.05) is 0 Å². The Kier molecular flexibility index (Phi) is 3.83. The Morgan fingerprint density at radius 3 is 2.58 bits per heavy atom. The van der Waals surface area contributed by atoms with Gasteiger partial charge in [-0.05, 0) is 30.9 Å². The predicted octanol–water partition coefficient (Wildman–Crippen LogP) is 4.58. The number of benzene rings is 2. The van der Waals surface area contributed by atoms with E-state index in [-0.39, 0.29) is 0 Å². The van der Waals surface area contributed by atoms with Crippen molar-refractivity contribution in [1.29, 1.82) is 0 Å². The van der Waals surface area contributed by atoms with Crippen LogP contribution in [-0.2, 0) is 6.42 Å². The summed E-state index contributed by atoms with van der Waals surface area (Å²) in [6.45, 7) is 0.866. The zero-order valence-electron chi connectivity index (χ0n) is 11.2. The van der Waals surface area contributed by atoms with Gasteiger partial charge in [0.25, 0.3) is 0 Å². The molecule has 0 amide bonds. The fourth-order valence-corrected chi connectivity index (χ4v) is 2.83. The SMILES string of the molecule is c1ccc(CCCC[C@@H]2COc3ccccc32)cc1. The lowest BCUT2D eigenvalue weighted by Gasteiger charge is -2.08. The van der Waals surface area contributed by atoms with Gasteiger partial charge >= 0.3 is 0 Å². The Morgan fingerprint density at radius 2 is 1.68 bits per heavy atom. The first kappa shape index (κ1) is 12.3. The van der Waals surface area contributed by atoms with Crippen molar-refractivity contribution < 1.29 is 4.74 Å². The molecule has 1 aliphatic rings. The predicted molar refractivity (Wildman–Crippen MR) is 78.7 cm³/mol. The second kappa shape index (κ2) is 5.92. The number of fused-ring (bicyclic) bond motifs is 1. The molecule has 0 fully saturated rings. The molecule has 0 N–H and O–H groups in total. The van der Waals surface area contributed by atoms with Crippen molar-refractivity contribution in [3.8, 4) is 5.75 Å². The first-order chi connectivity index (χ1) is 9.43. The lowest BCUT2D eigenvalue weighted by Crippen LogP contribution is -2.00. The van der Waals surface area contributed by atoms with E-state index in [0.29, 0.717) is 5.92 Å². The van der Waals surface area contributed by atoms with Crippen LogP contribution in [0.4, 0.5) is 0 Å². The molecule has 0 aromatic heterocycles. The highest BCUT2D eigenvalue weighted by molar-refractivity contribution is 5.39. The Labute approximate surface area is 115 Å². The Morgan fingerprint density at radius 1 is 0.895 bits per heavy atom. The Hall–Kier alpha value is -1.76. The highest BCUT2D eigenvalue weighted by Crippen LogP contribution is 2.36. The van der Waals surface area contributed by atoms with Gasteiger partial charge in [0, 0.05) is 11.5 Å². The van der Waals surface area contributed by atoms with Crippen LogP contribution in [0.2, 0.25) is 0 Å². The van der Waals surface area contributed by atoms with E-state index in [0.717, 1.165) is 12.4 Å². The summed E-state index contributed by atoms with van der Waals surface area (Å²) in [6.07, 6.45) is 4.97. The molecular formula is C18H20O. The highest BCUT2D eigenvalue weighted by Gasteiger charge is 2.22. The first-order valence-electron chi connectivity index (χ1n) is 7.19. The molecule has 3 rings (SSSR count). The van der Waals surface area contributed by atoms with Crippen LogP contribution in [0.15, 0.2) is 54.6 Å². The molecule has 1 heterocycles. The Balaban J connectivity index is 1.47. The maximum atomic E-state index is 5.73. The summed E-state index contributed by atoms with van der Waals surface area (Å²) in [5, 5.41) is 0. The molecular weight excluding hydrogens is 232 g/mol. The molecule has 0 unspecified atom stereocenters. The van der Waals surface area contributed by atoms with E-state index in [1.54, 1.807) is 0 Å². The van der Waals surface area contributed by atoms with Gasteiger partial charge in [-0.15, -0.1) is 0 Å². The second-order valence-electron chi connectivity index (χ2n) is 5.28. The third kappa shape index (κ3) is 2.98. The molecule has 2 aromatic carbocycles. The minimum absolute atomic E-state index is 0.604. The molecule has 0 saturated carbocycles. The van der Waals surface area contributed by atoms with Crippen molar-refractivity contribution in [3.05, 3.63) is 65.7 Å². The van der Waals surface area contributed by atoms with Gasteiger partial charge in [0.05, 0.1) is 6.61 Å². The molecule has 98 valence electrons. The molecule has 0 radical (unpaired) electrons. The standard InChI is InChI=1S/C18H20O/c1-2-8-15(9-3-1)10-4-5-11-16-14-19-18-13-7-6-12-17(16)18/h1-3,6-9,12-13,16H,4-5,10-11,14H2/t16-/m1/s1. The fraction of sp³-hybridized carbons (Fsp3) is 0.333. The number of hydrogen-bond acceptors (Lipinski definition) is 1. The van der Waals surface area contributed by atoms with Crippen LogP contribution in [0.25, 0.3) is 0 Å². The van der Waals surface area contributed by atoms with Crippen LogP contribution >= 0.6 is 0 Å². The highest BCUT2D eigenvalue weighted by atomic mass is 16.5. The monoisotopic (exact) mass is 252 g/mol. The average molecular weight is 252 g/mol. The van der Waals surface area contributed by atoms with Crippen LogP contribution in [0.1, 0.15) is 36.3 Å². The van der Waals surface area contributed by atoms with Crippen molar-refractivity contribution >= 4 is 0 Å². The number of para-hydroxylation sites is 1. The minimum Gasteiger partial charge on any atom is -0.493 e. The molecule has 1 aliphatic heterocycles. The van der Waals surface area contributed by atoms with E-state index in [2.05, 4.69) is 54.6 Å². The normalized spacial score (nSPS) is 16.9. The zero-order chi connectivity index (χ0) is 12.9. The largest absolute Gasteiger partial charge is 0.493 e. The topological polar surface area (TPSA) is 9.23 Å². The van der Waals surface area contributed by atoms with E-state index in [1.165, 1.54) is 36.8 Å². The summed E-state index contributed by atoms with van der Waals surface area (Å²) in [6, 6.07) is 19.2. The van der Waals surface area contributed by atoms with Crippen molar-refractivity contribution in [1.82, 2.24) is 0 Å². The van der Waals surface area contributed by atoms with Crippen molar-refractivity contribution in [2.24, 2.45) is 0 Å². The van der Waals surface area contributed by atoms with Gasteiger partial charge in [0.2, 0.25) is 0 Å². The molecule has 0 aliphatic carbocycles. The number of unbranched alkanes of at least 4 members (excludes halogenated alkanes) is 1. The molecule has 0 saturated heterocycles. The van der Waals surface area contributed by atoms with Gasteiger partial charge < -0.3 is 4.74 Å². The molecule has 0 bridgehead atoms. The smallest absolute Gasteiger partial charge is 0.122 e. The third-order valence-corrected chi connectivity index (χ3v) is 3.91. The number of hydrogen-bond donors (Lipinski definition) is 0. The molecule has 1 heteroatoms. The van der Waals surface area contributed by atoms with Gasteiger partial charge in [-0.25, -0.2) is 0 Å². The maximum absolute atomic E-state index is 5.73. The van der Waals surface area contributed by atoms with Gasteiger partial charge in [-0.2, -0.15) is 0 Å². The lowest BCUT2D eigenvalue weighted by atomic mass is 9.94. The Bertz CT molecular complexity index is 518. The van der Waals surface area contributed by atoms with E-state index in [4.69, 9.17) is 4.74 Å².